The fraction of sp³-hybridized carbons (Fsp3) is 0.941. The zero-order valence-corrected chi connectivity index (χ0v) is 14.6. The average Bonchev–Trinajstić information content (AvgIpc) is 2.42. The average molecular weight is 298 g/mol. The first-order valence-electron chi connectivity index (χ1n) is 8.53. The van der Waals surface area contributed by atoms with Crippen molar-refractivity contribution in [2.24, 2.45) is 5.92 Å². The quantitative estimate of drug-likeness (QED) is 0.734. The van der Waals surface area contributed by atoms with Crippen LogP contribution in [0.25, 0.3) is 0 Å². The summed E-state index contributed by atoms with van der Waals surface area (Å²) in [5.74, 6) is 0.593. The van der Waals surface area contributed by atoms with Crippen molar-refractivity contribution in [3.05, 3.63) is 0 Å². The molecule has 124 valence electrons. The number of ether oxygens (including phenoxy) is 1. The molecule has 1 N–H and O–H groups in total. The van der Waals surface area contributed by atoms with Gasteiger partial charge in [-0.3, -0.25) is 9.69 Å². The van der Waals surface area contributed by atoms with Gasteiger partial charge < -0.3 is 10.1 Å². The molecule has 21 heavy (non-hydrogen) atoms. The molecule has 0 amide bonds. The van der Waals surface area contributed by atoms with Gasteiger partial charge in [0.05, 0.1) is 6.61 Å². The van der Waals surface area contributed by atoms with Crippen LogP contribution in [-0.2, 0) is 9.53 Å². The van der Waals surface area contributed by atoms with E-state index in [1.54, 1.807) is 0 Å². The van der Waals surface area contributed by atoms with Gasteiger partial charge in [0.25, 0.3) is 0 Å². The second-order valence-corrected chi connectivity index (χ2v) is 7.19. The molecule has 1 aliphatic heterocycles. The number of likely N-dealkylation sites (tertiary alicyclic amines) is 1. The second kappa shape index (κ2) is 8.74. The highest BCUT2D eigenvalue weighted by atomic mass is 16.5. The van der Waals surface area contributed by atoms with Crippen LogP contribution in [0.4, 0.5) is 0 Å². The Morgan fingerprint density at radius 3 is 2.67 bits per heavy atom. The predicted octanol–water partition coefficient (Wildman–Crippen LogP) is 2.82. The normalized spacial score (nSPS) is 22.0. The van der Waals surface area contributed by atoms with Crippen molar-refractivity contribution < 1.29 is 9.53 Å². The Balaban J connectivity index is 2.57. The molecule has 4 heteroatoms. The van der Waals surface area contributed by atoms with Gasteiger partial charge in [0.15, 0.2) is 0 Å². The first-order valence-corrected chi connectivity index (χ1v) is 8.53. The molecule has 0 aromatic rings. The van der Waals surface area contributed by atoms with Crippen LogP contribution in [0, 0.1) is 5.92 Å². The smallest absolute Gasteiger partial charge is 0.323 e. The molecule has 2 unspecified atom stereocenters. The van der Waals surface area contributed by atoms with Crippen LogP contribution in [0.3, 0.4) is 0 Å². The van der Waals surface area contributed by atoms with Crippen molar-refractivity contribution >= 4 is 5.97 Å². The summed E-state index contributed by atoms with van der Waals surface area (Å²) in [4.78, 5) is 14.5. The number of rotatable bonds is 7. The Bertz CT molecular complexity index is 312. The minimum Gasteiger partial charge on any atom is -0.465 e. The first-order chi connectivity index (χ1) is 9.87. The lowest BCUT2D eigenvalue weighted by Gasteiger charge is -2.38. The third kappa shape index (κ3) is 6.79. The van der Waals surface area contributed by atoms with Crippen molar-refractivity contribution in [1.82, 2.24) is 10.2 Å². The SMILES string of the molecule is CCCC(C(=O)OCC)N1CCCC(CNC(C)(C)C)C1. The Hall–Kier alpha value is -0.610. The number of carbonyl (C=O) groups excluding carboxylic acids is 1. The van der Waals surface area contributed by atoms with Gasteiger partial charge in [0, 0.05) is 12.1 Å². The van der Waals surface area contributed by atoms with Crippen LogP contribution in [0.5, 0.6) is 0 Å². The molecule has 1 fully saturated rings. The molecule has 1 rings (SSSR count). The van der Waals surface area contributed by atoms with Gasteiger partial charge >= 0.3 is 5.97 Å². The molecular weight excluding hydrogens is 264 g/mol. The minimum absolute atomic E-state index is 0.0382. The summed E-state index contributed by atoms with van der Waals surface area (Å²) in [5.41, 5.74) is 0.159. The maximum atomic E-state index is 12.2. The summed E-state index contributed by atoms with van der Waals surface area (Å²) in [6, 6.07) is -0.0487. The van der Waals surface area contributed by atoms with Crippen LogP contribution in [0.2, 0.25) is 0 Å². The molecule has 2 atom stereocenters. The van der Waals surface area contributed by atoms with Crippen molar-refractivity contribution in [2.75, 3.05) is 26.2 Å². The summed E-state index contributed by atoms with van der Waals surface area (Å²) in [6.07, 6.45) is 4.35. The van der Waals surface area contributed by atoms with E-state index in [4.69, 9.17) is 4.74 Å². The van der Waals surface area contributed by atoms with Crippen molar-refractivity contribution in [3.63, 3.8) is 0 Å². The highest BCUT2D eigenvalue weighted by Crippen LogP contribution is 2.21. The van der Waals surface area contributed by atoms with Crippen LogP contribution < -0.4 is 5.32 Å². The minimum atomic E-state index is -0.0487. The van der Waals surface area contributed by atoms with E-state index in [9.17, 15) is 4.79 Å². The van der Waals surface area contributed by atoms with Crippen molar-refractivity contribution in [2.45, 2.75) is 71.9 Å². The van der Waals surface area contributed by atoms with E-state index in [2.05, 4.69) is 37.9 Å². The Labute approximate surface area is 130 Å². The summed E-state index contributed by atoms with van der Waals surface area (Å²) in [6.45, 7) is 14.2. The first kappa shape index (κ1) is 18.4. The number of piperidine rings is 1. The van der Waals surface area contributed by atoms with Gasteiger partial charge in [-0.05, 0) is 66.0 Å². The summed E-state index contributed by atoms with van der Waals surface area (Å²) in [7, 11) is 0. The number of hydrogen-bond donors (Lipinski definition) is 1. The van der Waals surface area contributed by atoms with E-state index < -0.39 is 0 Å². The number of carbonyl (C=O) groups is 1. The molecule has 1 aliphatic rings. The zero-order valence-electron chi connectivity index (χ0n) is 14.6. The number of hydrogen-bond acceptors (Lipinski definition) is 4. The van der Waals surface area contributed by atoms with E-state index >= 15 is 0 Å². The lowest BCUT2D eigenvalue weighted by atomic mass is 9.94. The van der Waals surface area contributed by atoms with Gasteiger partial charge in [-0.15, -0.1) is 0 Å². The maximum absolute atomic E-state index is 12.2. The van der Waals surface area contributed by atoms with Crippen molar-refractivity contribution in [3.8, 4) is 0 Å². The molecule has 1 heterocycles. The largest absolute Gasteiger partial charge is 0.465 e. The van der Waals surface area contributed by atoms with Crippen LogP contribution in [-0.4, -0.2) is 48.7 Å². The van der Waals surface area contributed by atoms with Crippen molar-refractivity contribution in [1.29, 1.82) is 0 Å². The van der Waals surface area contributed by atoms with E-state index in [1.165, 1.54) is 12.8 Å². The second-order valence-electron chi connectivity index (χ2n) is 7.19. The standard InChI is InChI=1S/C17H34N2O2/c1-6-9-15(16(20)21-7-2)19-11-8-10-14(13-19)12-18-17(3,4)5/h14-15,18H,6-13H2,1-5H3. The topological polar surface area (TPSA) is 41.6 Å². The molecule has 4 nitrogen and oxygen atoms in total. The Morgan fingerprint density at radius 1 is 1.38 bits per heavy atom. The fourth-order valence-electron chi connectivity index (χ4n) is 2.96. The molecule has 0 bridgehead atoms. The van der Waals surface area contributed by atoms with Gasteiger partial charge in [-0.1, -0.05) is 13.3 Å². The molecule has 0 radical (unpaired) electrons. The molecule has 0 aromatic carbocycles. The molecule has 0 saturated carbocycles. The predicted molar refractivity (Wildman–Crippen MR) is 87.4 cm³/mol. The monoisotopic (exact) mass is 298 g/mol. The number of nitrogens with one attached hydrogen (secondary N) is 1. The molecule has 0 aromatic heterocycles. The van der Waals surface area contributed by atoms with E-state index in [0.29, 0.717) is 12.5 Å². The van der Waals surface area contributed by atoms with Crippen LogP contribution in [0.15, 0.2) is 0 Å². The zero-order chi connectivity index (χ0) is 15.9. The van der Waals surface area contributed by atoms with E-state index in [1.807, 2.05) is 6.92 Å². The van der Waals surface area contributed by atoms with E-state index in [0.717, 1.165) is 32.5 Å². The van der Waals surface area contributed by atoms with E-state index in [-0.39, 0.29) is 17.6 Å². The maximum Gasteiger partial charge on any atom is 0.323 e. The Morgan fingerprint density at radius 2 is 2.10 bits per heavy atom. The van der Waals surface area contributed by atoms with Gasteiger partial charge in [-0.2, -0.15) is 0 Å². The lowest BCUT2D eigenvalue weighted by molar-refractivity contribution is -0.150. The Kier molecular flexibility index (Phi) is 7.67. The van der Waals surface area contributed by atoms with Gasteiger partial charge in [0.1, 0.15) is 6.04 Å². The summed E-state index contributed by atoms with van der Waals surface area (Å²) in [5, 5.41) is 3.59. The summed E-state index contributed by atoms with van der Waals surface area (Å²) >= 11 is 0. The third-order valence-corrected chi connectivity index (χ3v) is 4.03. The highest BCUT2D eigenvalue weighted by molar-refractivity contribution is 5.75. The summed E-state index contributed by atoms with van der Waals surface area (Å²) < 4.78 is 5.26. The van der Waals surface area contributed by atoms with Gasteiger partial charge in [0.2, 0.25) is 0 Å². The third-order valence-electron chi connectivity index (χ3n) is 4.03. The molecular formula is C17H34N2O2. The fourth-order valence-corrected chi connectivity index (χ4v) is 2.96. The molecule has 0 spiro atoms. The number of esters is 1. The number of nitrogens with zero attached hydrogens (tertiary/aromatic N) is 1. The lowest BCUT2D eigenvalue weighted by Crippen LogP contribution is -2.50. The molecule has 1 saturated heterocycles. The highest BCUT2D eigenvalue weighted by Gasteiger charge is 2.31. The van der Waals surface area contributed by atoms with Crippen LogP contribution >= 0.6 is 0 Å². The van der Waals surface area contributed by atoms with Gasteiger partial charge in [-0.25, -0.2) is 0 Å². The molecule has 0 aliphatic carbocycles. The van der Waals surface area contributed by atoms with Crippen LogP contribution in [0.1, 0.15) is 60.3 Å².